The second-order valence-electron chi connectivity index (χ2n) is 7.28. The summed E-state index contributed by atoms with van der Waals surface area (Å²) in [6.07, 6.45) is 2.50. The van der Waals surface area contributed by atoms with E-state index in [4.69, 9.17) is 9.47 Å². The van der Waals surface area contributed by atoms with Gasteiger partial charge < -0.3 is 20.1 Å². The molecule has 3 unspecified atom stereocenters. The number of ether oxygens (including phenoxy) is 2. The maximum absolute atomic E-state index is 5.86. The van der Waals surface area contributed by atoms with E-state index in [9.17, 15) is 0 Å². The van der Waals surface area contributed by atoms with Crippen LogP contribution < -0.4 is 15.4 Å². The zero-order chi connectivity index (χ0) is 17.2. The van der Waals surface area contributed by atoms with Crippen LogP contribution in [0.1, 0.15) is 25.8 Å². The fourth-order valence-corrected chi connectivity index (χ4v) is 4.08. The SMILES string of the molecule is CN=C(NCCc1ccc(OC)cc1)NC1C2CCOC2C1(C)C. The van der Waals surface area contributed by atoms with Crippen molar-refractivity contribution in [1.29, 1.82) is 0 Å². The molecule has 0 spiro atoms. The van der Waals surface area contributed by atoms with Crippen LogP contribution in [0.15, 0.2) is 29.3 Å². The van der Waals surface area contributed by atoms with Gasteiger partial charge in [0, 0.05) is 37.6 Å². The van der Waals surface area contributed by atoms with Crippen molar-refractivity contribution < 1.29 is 9.47 Å². The van der Waals surface area contributed by atoms with Crippen molar-refractivity contribution in [2.75, 3.05) is 27.3 Å². The Morgan fingerprint density at radius 3 is 2.75 bits per heavy atom. The summed E-state index contributed by atoms with van der Waals surface area (Å²) in [4.78, 5) is 4.38. The van der Waals surface area contributed by atoms with E-state index in [1.54, 1.807) is 7.11 Å². The smallest absolute Gasteiger partial charge is 0.191 e. The minimum absolute atomic E-state index is 0.161. The van der Waals surface area contributed by atoms with Crippen LogP contribution in [0, 0.1) is 11.3 Å². The van der Waals surface area contributed by atoms with E-state index in [1.165, 1.54) is 5.56 Å². The number of nitrogens with zero attached hydrogens (tertiary/aromatic N) is 1. The third-order valence-corrected chi connectivity index (χ3v) is 5.48. The molecule has 3 atom stereocenters. The Kier molecular flexibility index (Phi) is 4.99. The third-order valence-electron chi connectivity index (χ3n) is 5.48. The van der Waals surface area contributed by atoms with Gasteiger partial charge in [-0.15, -0.1) is 0 Å². The van der Waals surface area contributed by atoms with Gasteiger partial charge in [0.25, 0.3) is 0 Å². The number of rotatable bonds is 5. The van der Waals surface area contributed by atoms with Gasteiger partial charge in [0.15, 0.2) is 5.96 Å². The van der Waals surface area contributed by atoms with Crippen LogP contribution in [-0.2, 0) is 11.2 Å². The van der Waals surface area contributed by atoms with Crippen molar-refractivity contribution >= 4 is 5.96 Å². The Hall–Kier alpha value is -1.75. The normalized spacial score (nSPS) is 28.0. The Morgan fingerprint density at radius 1 is 1.33 bits per heavy atom. The lowest BCUT2D eigenvalue weighted by Gasteiger charge is -2.54. The molecule has 3 rings (SSSR count). The van der Waals surface area contributed by atoms with Crippen LogP contribution in [0.5, 0.6) is 5.75 Å². The summed E-state index contributed by atoms with van der Waals surface area (Å²) in [7, 11) is 3.52. The molecule has 2 aliphatic rings. The maximum atomic E-state index is 5.86. The molecule has 1 aliphatic heterocycles. The van der Waals surface area contributed by atoms with E-state index in [2.05, 4.69) is 41.6 Å². The Bertz CT molecular complexity index is 583. The van der Waals surface area contributed by atoms with E-state index in [-0.39, 0.29) is 5.41 Å². The van der Waals surface area contributed by atoms with Crippen molar-refractivity contribution in [3.63, 3.8) is 0 Å². The van der Waals surface area contributed by atoms with Crippen molar-refractivity contribution in [1.82, 2.24) is 10.6 Å². The molecule has 1 saturated heterocycles. The standard InChI is InChI=1S/C19H29N3O2/c1-19(2)16(15-10-12-24-17(15)19)22-18(20-3)21-11-9-13-5-7-14(23-4)8-6-13/h5-8,15-17H,9-12H2,1-4H3,(H2,20,21,22). The summed E-state index contributed by atoms with van der Waals surface area (Å²) in [5.41, 5.74) is 1.45. The van der Waals surface area contributed by atoms with Gasteiger partial charge in [0.05, 0.1) is 13.2 Å². The topological polar surface area (TPSA) is 54.9 Å². The van der Waals surface area contributed by atoms with E-state index >= 15 is 0 Å². The fourth-order valence-electron chi connectivity index (χ4n) is 4.08. The predicted molar refractivity (Wildman–Crippen MR) is 96.6 cm³/mol. The van der Waals surface area contributed by atoms with Gasteiger partial charge in [0.2, 0.25) is 0 Å². The van der Waals surface area contributed by atoms with Gasteiger partial charge in [-0.1, -0.05) is 26.0 Å². The lowest BCUT2D eigenvalue weighted by Crippen LogP contribution is -2.68. The first-order chi connectivity index (χ1) is 11.6. The summed E-state index contributed by atoms with van der Waals surface area (Å²) in [5, 5.41) is 7.04. The highest BCUT2D eigenvalue weighted by atomic mass is 16.5. The third kappa shape index (κ3) is 3.22. The first kappa shape index (κ1) is 17.1. The van der Waals surface area contributed by atoms with E-state index < -0.39 is 0 Å². The minimum atomic E-state index is 0.161. The van der Waals surface area contributed by atoms with Gasteiger partial charge in [-0.25, -0.2) is 0 Å². The highest BCUT2D eigenvalue weighted by Crippen LogP contribution is 2.52. The second kappa shape index (κ2) is 7.01. The first-order valence-corrected chi connectivity index (χ1v) is 8.78. The first-order valence-electron chi connectivity index (χ1n) is 8.78. The molecule has 5 nitrogen and oxygen atoms in total. The van der Waals surface area contributed by atoms with Crippen molar-refractivity contribution in [2.45, 2.75) is 38.8 Å². The van der Waals surface area contributed by atoms with Crippen molar-refractivity contribution in [3.8, 4) is 5.75 Å². The molecule has 132 valence electrons. The number of guanidine groups is 1. The Labute approximate surface area is 144 Å². The molecule has 1 saturated carbocycles. The molecule has 2 N–H and O–H groups in total. The number of benzene rings is 1. The van der Waals surface area contributed by atoms with Crippen LogP contribution >= 0.6 is 0 Å². The molecule has 24 heavy (non-hydrogen) atoms. The van der Waals surface area contributed by atoms with Crippen LogP contribution in [0.4, 0.5) is 0 Å². The molecule has 1 aromatic rings. The molecule has 1 heterocycles. The summed E-state index contributed by atoms with van der Waals surface area (Å²) < 4.78 is 11.1. The monoisotopic (exact) mass is 331 g/mol. The van der Waals surface area contributed by atoms with E-state index in [0.717, 1.165) is 37.7 Å². The minimum Gasteiger partial charge on any atom is -0.497 e. The predicted octanol–water partition coefficient (Wildman–Crippen LogP) is 2.22. The zero-order valence-corrected chi connectivity index (χ0v) is 15.1. The van der Waals surface area contributed by atoms with Crippen LogP contribution in [-0.4, -0.2) is 45.4 Å². The van der Waals surface area contributed by atoms with Gasteiger partial charge in [0.1, 0.15) is 5.75 Å². The molecule has 0 amide bonds. The molecule has 5 heteroatoms. The average molecular weight is 331 g/mol. The summed E-state index contributed by atoms with van der Waals surface area (Å²) in [5.74, 6) is 2.39. The highest BCUT2D eigenvalue weighted by Gasteiger charge is 2.59. The Morgan fingerprint density at radius 2 is 2.08 bits per heavy atom. The molecule has 0 radical (unpaired) electrons. The molecule has 0 aromatic heterocycles. The number of hydrogen-bond acceptors (Lipinski definition) is 3. The van der Waals surface area contributed by atoms with Crippen LogP contribution in [0.25, 0.3) is 0 Å². The van der Waals surface area contributed by atoms with Crippen LogP contribution in [0.2, 0.25) is 0 Å². The quantitative estimate of drug-likeness (QED) is 0.642. The van der Waals surface area contributed by atoms with Gasteiger partial charge in [-0.2, -0.15) is 0 Å². The number of fused-ring (bicyclic) bond motifs is 1. The summed E-state index contributed by atoms with van der Waals surface area (Å²) in [6.45, 7) is 6.30. The molecule has 1 aliphatic carbocycles. The molecular formula is C19H29N3O2. The molecule has 1 aromatic carbocycles. The average Bonchev–Trinajstić information content (AvgIpc) is 3.05. The van der Waals surface area contributed by atoms with Crippen molar-refractivity contribution in [3.05, 3.63) is 29.8 Å². The fraction of sp³-hybridized carbons (Fsp3) is 0.632. The van der Waals surface area contributed by atoms with Gasteiger partial charge >= 0.3 is 0 Å². The molecular weight excluding hydrogens is 302 g/mol. The summed E-state index contributed by atoms with van der Waals surface area (Å²) >= 11 is 0. The largest absolute Gasteiger partial charge is 0.497 e. The second-order valence-corrected chi connectivity index (χ2v) is 7.28. The van der Waals surface area contributed by atoms with E-state index in [0.29, 0.717) is 18.1 Å². The van der Waals surface area contributed by atoms with E-state index in [1.807, 2.05) is 19.2 Å². The van der Waals surface area contributed by atoms with Crippen molar-refractivity contribution in [2.24, 2.45) is 16.3 Å². The highest BCUT2D eigenvalue weighted by molar-refractivity contribution is 5.80. The summed E-state index contributed by atoms with van der Waals surface area (Å²) in [6, 6.07) is 8.63. The van der Waals surface area contributed by atoms with Gasteiger partial charge in [-0.3, -0.25) is 4.99 Å². The molecule has 0 bridgehead atoms. The lowest BCUT2D eigenvalue weighted by molar-refractivity contribution is -0.106. The lowest BCUT2D eigenvalue weighted by atomic mass is 9.57. The Balaban J connectivity index is 1.48. The molecule has 2 fully saturated rings. The van der Waals surface area contributed by atoms with Crippen LogP contribution in [0.3, 0.4) is 0 Å². The number of hydrogen-bond donors (Lipinski definition) is 2. The van der Waals surface area contributed by atoms with Gasteiger partial charge in [-0.05, 0) is 30.5 Å². The zero-order valence-electron chi connectivity index (χ0n) is 15.1. The number of aliphatic imine (C=N–C) groups is 1. The maximum Gasteiger partial charge on any atom is 0.191 e. The number of methoxy groups -OCH3 is 1. The number of nitrogens with one attached hydrogen (secondary N) is 2.